The summed E-state index contributed by atoms with van der Waals surface area (Å²) in [4.78, 5) is 12.5. The number of benzene rings is 1. The topological polar surface area (TPSA) is 46.5 Å². The van der Waals surface area contributed by atoms with E-state index in [4.69, 9.17) is 9.84 Å². The van der Waals surface area contributed by atoms with Crippen LogP contribution in [-0.4, -0.2) is 17.7 Å². The molecule has 92 valence electrons. The van der Waals surface area contributed by atoms with Gasteiger partial charge in [-0.05, 0) is 24.3 Å². The van der Waals surface area contributed by atoms with Crippen molar-refractivity contribution in [3.8, 4) is 16.9 Å². The minimum absolute atomic E-state index is 0.385. The first-order valence-corrected chi connectivity index (χ1v) is 7.05. The largest absolute Gasteiger partial charge is 0.493 e. The zero-order valence-electron chi connectivity index (χ0n) is 9.27. The number of carboxylic acids is 1. The number of ether oxygens (including phenoxy) is 1. The van der Waals surface area contributed by atoms with Crippen LogP contribution in [0.15, 0.2) is 28.7 Å². The van der Waals surface area contributed by atoms with Gasteiger partial charge in [0.2, 0.25) is 0 Å². The quantitative estimate of drug-likeness (QED) is 0.867. The number of hydrogen-bond acceptors (Lipinski definition) is 3. The zero-order chi connectivity index (χ0) is 12.7. The summed E-state index contributed by atoms with van der Waals surface area (Å²) in [5, 5.41) is 9.07. The van der Waals surface area contributed by atoms with Crippen molar-refractivity contribution in [1.29, 1.82) is 0 Å². The number of thiophene rings is 1. The number of carbonyl (C=O) groups is 1. The first-order chi connectivity index (χ1) is 8.65. The average molecular weight is 325 g/mol. The third-order valence-corrected chi connectivity index (χ3v) is 4.52. The van der Waals surface area contributed by atoms with Gasteiger partial charge in [-0.1, -0.05) is 15.9 Å². The maximum atomic E-state index is 11.0. The summed E-state index contributed by atoms with van der Waals surface area (Å²) >= 11 is 4.75. The van der Waals surface area contributed by atoms with Crippen LogP contribution in [0.5, 0.6) is 5.75 Å². The van der Waals surface area contributed by atoms with Crippen LogP contribution in [-0.2, 0) is 6.42 Å². The second kappa shape index (κ2) is 4.40. The van der Waals surface area contributed by atoms with Crippen molar-refractivity contribution >= 4 is 33.2 Å². The van der Waals surface area contributed by atoms with Crippen molar-refractivity contribution < 1.29 is 14.6 Å². The molecular weight excluding hydrogens is 316 g/mol. The van der Waals surface area contributed by atoms with Gasteiger partial charge in [-0.25, -0.2) is 4.79 Å². The summed E-state index contributed by atoms with van der Waals surface area (Å²) in [5.74, 6) is -0.0643. The molecule has 0 amide bonds. The van der Waals surface area contributed by atoms with E-state index in [1.807, 2.05) is 18.2 Å². The van der Waals surface area contributed by atoms with Crippen LogP contribution in [0.1, 0.15) is 14.5 Å². The van der Waals surface area contributed by atoms with Crippen LogP contribution in [0, 0.1) is 0 Å². The molecule has 1 aromatic carbocycles. The first kappa shape index (κ1) is 11.7. The van der Waals surface area contributed by atoms with Gasteiger partial charge < -0.3 is 9.84 Å². The molecule has 0 bridgehead atoms. The van der Waals surface area contributed by atoms with E-state index in [0.717, 1.165) is 32.6 Å². The predicted octanol–water partition coefficient (Wildman–Crippen LogP) is 3.81. The SMILES string of the molecule is O=C(O)c1cc2c(s1)CCOc1cc(Br)ccc1-2. The highest BCUT2D eigenvalue weighted by Crippen LogP contribution is 2.40. The van der Waals surface area contributed by atoms with Crippen LogP contribution in [0.4, 0.5) is 0 Å². The fourth-order valence-corrected chi connectivity index (χ4v) is 3.37. The van der Waals surface area contributed by atoms with Crippen molar-refractivity contribution in [2.24, 2.45) is 0 Å². The lowest BCUT2D eigenvalue weighted by atomic mass is 10.0. The number of halogens is 1. The molecule has 0 aliphatic carbocycles. The molecule has 0 saturated carbocycles. The summed E-state index contributed by atoms with van der Waals surface area (Å²) in [6.07, 6.45) is 0.750. The maximum Gasteiger partial charge on any atom is 0.345 e. The Kier molecular flexibility index (Phi) is 2.87. The lowest BCUT2D eigenvalue weighted by molar-refractivity contribution is 0.0702. The first-order valence-electron chi connectivity index (χ1n) is 5.44. The Bertz CT molecular complexity index is 633. The lowest BCUT2D eigenvalue weighted by Crippen LogP contribution is -1.98. The number of fused-ring (bicyclic) bond motifs is 3. The molecule has 2 heterocycles. The van der Waals surface area contributed by atoms with Gasteiger partial charge in [0.05, 0.1) is 6.61 Å². The van der Waals surface area contributed by atoms with Crippen molar-refractivity contribution in [2.75, 3.05) is 6.61 Å². The van der Waals surface area contributed by atoms with E-state index >= 15 is 0 Å². The summed E-state index contributed by atoms with van der Waals surface area (Å²) in [6, 6.07) is 7.56. The maximum absolute atomic E-state index is 11.0. The number of carboxylic acid groups (broad SMARTS) is 1. The van der Waals surface area contributed by atoms with Crippen molar-refractivity contribution in [3.63, 3.8) is 0 Å². The Labute approximate surface area is 116 Å². The fraction of sp³-hybridized carbons (Fsp3) is 0.154. The summed E-state index contributed by atoms with van der Waals surface area (Å²) in [5.41, 5.74) is 1.95. The van der Waals surface area contributed by atoms with Gasteiger partial charge in [0, 0.05) is 26.9 Å². The van der Waals surface area contributed by atoms with E-state index < -0.39 is 5.97 Å². The molecule has 0 radical (unpaired) electrons. The van der Waals surface area contributed by atoms with Crippen LogP contribution < -0.4 is 4.74 Å². The molecular formula is C13H9BrO3S. The predicted molar refractivity (Wildman–Crippen MR) is 73.6 cm³/mol. The fourth-order valence-electron chi connectivity index (χ4n) is 2.04. The smallest absolute Gasteiger partial charge is 0.345 e. The van der Waals surface area contributed by atoms with Gasteiger partial charge in [-0.2, -0.15) is 0 Å². The molecule has 0 atom stereocenters. The lowest BCUT2D eigenvalue weighted by Gasteiger charge is -2.07. The minimum atomic E-state index is -0.868. The van der Waals surface area contributed by atoms with Gasteiger partial charge in [0.1, 0.15) is 10.6 Å². The normalized spacial score (nSPS) is 13.2. The third kappa shape index (κ3) is 1.93. The number of aromatic carboxylic acids is 1. The molecule has 0 fully saturated rings. The highest BCUT2D eigenvalue weighted by Gasteiger charge is 2.20. The third-order valence-electron chi connectivity index (χ3n) is 2.84. The van der Waals surface area contributed by atoms with Gasteiger partial charge in [-0.3, -0.25) is 0 Å². The highest BCUT2D eigenvalue weighted by atomic mass is 79.9. The molecule has 1 N–H and O–H groups in total. The Hall–Kier alpha value is -1.33. The van der Waals surface area contributed by atoms with E-state index in [2.05, 4.69) is 15.9 Å². The molecule has 1 aromatic heterocycles. The minimum Gasteiger partial charge on any atom is -0.493 e. The van der Waals surface area contributed by atoms with Crippen LogP contribution in [0.25, 0.3) is 11.1 Å². The Morgan fingerprint density at radius 1 is 1.33 bits per heavy atom. The van der Waals surface area contributed by atoms with Gasteiger partial charge in [0.25, 0.3) is 0 Å². The molecule has 18 heavy (non-hydrogen) atoms. The Balaban J connectivity index is 2.20. The monoisotopic (exact) mass is 324 g/mol. The van der Waals surface area contributed by atoms with E-state index in [0.29, 0.717) is 11.5 Å². The molecule has 1 aliphatic rings. The second-order valence-electron chi connectivity index (χ2n) is 3.99. The van der Waals surface area contributed by atoms with Crippen LogP contribution in [0.2, 0.25) is 0 Å². The van der Waals surface area contributed by atoms with Crippen LogP contribution >= 0.6 is 27.3 Å². The van der Waals surface area contributed by atoms with E-state index in [-0.39, 0.29) is 0 Å². The molecule has 0 spiro atoms. The number of hydrogen-bond donors (Lipinski definition) is 1. The average Bonchev–Trinajstić information content (AvgIpc) is 2.67. The Morgan fingerprint density at radius 3 is 2.94 bits per heavy atom. The number of rotatable bonds is 1. The van der Waals surface area contributed by atoms with Crippen molar-refractivity contribution in [1.82, 2.24) is 0 Å². The van der Waals surface area contributed by atoms with Gasteiger partial charge in [-0.15, -0.1) is 11.3 Å². The molecule has 5 heteroatoms. The van der Waals surface area contributed by atoms with Crippen molar-refractivity contribution in [3.05, 3.63) is 38.5 Å². The van der Waals surface area contributed by atoms with E-state index in [1.54, 1.807) is 6.07 Å². The Morgan fingerprint density at radius 2 is 2.17 bits per heavy atom. The van der Waals surface area contributed by atoms with Gasteiger partial charge in [0.15, 0.2) is 0 Å². The van der Waals surface area contributed by atoms with Crippen molar-refractivity contribution in [2.45, 2.75) is 6.42 Å². The molecule has 0 unspecified atom stereocenters. The van der Waals surface area contributed by atoms with Gasteiger partial charge >= 0.3 is 5.97 Å². The molecule has 0 saturated heterocycles. The molecule has 2 aromatic rings. The van der Waals surface area contributed by atoms with Crippen LogP contribution in [0.3, 0.4) is 0 Å². The molecule has 1 aliphatic heterocycles. The summed E-state index contributed by atoms with van der Waals surface area (Å²) in [6.45, 7) is 0.579. The summed E-state index contributed by atoms with van der Waals surface area (Å²) in [7, 11) is 0. The zero-order valence-corrected chi connectivity index (χ0v) is 11.7. The molecule has 3 nitrogen and oxygen atoms in total. The molecule has 3 rings (SSSR count). The summed E-state index contributed by atoms with van der Waals surface area (Å²) < 4.78 is 6.66. The highest BCUT2D eigenvalue weighted by molar-refractivity contribution is 9.10. The van der Waals surface area contributed by atoms with E-state index in [1.165, 1.54) is 11.3 Å². The van der Waals surface area contributed by atoms with E-state index in [9.17, 15) is 4.79 Å². The standard InChI is InChI=1S/C13H9BrO3S/c14-7-1-2-8-9-6-12(13(15)16)18-11(9)3-4-17-10(8)5-7/h1-2,5-6H,3-4H2,(H,15,16). The second-order valence-corrected chi connectivity index (χ2v) is 6.04.